The molecule has 0 spiro atoms. The quantitative estimate of drug-likeness (QED) is 0.469. The largest absolute Gasteiger partial charge is 0.382 e. The second-order valence-corrected chi connectivity index (χ2v) is 4.90. The summed E-state index contributed by atoms with van der Waals surface area (Å²) in [5, 5.41) is 15.2. The molecule has 2 aliphatic rings. The van der Waals surface area contributed by atoms with Crippen LogP contribution in [0.4, 0.5) is 0 Å². The second-order valence-electron chi connectivity index (χ2n) is 4.90. The zero-order valence-electron chi connectivity index (χ0n) is 9.69. The Morgan fingerprint density at radius 3 is 2.76 bits per heavy atom. The molecule has 0 aromatic carbocycles. The normalized spacial score (nSPS) is 27.4. The van der Waals surface area contributed by atoms with Gasteiger partial charge in [0.2, 0.25) is 5.91 Å². The Balaban J connectivity index is 1.78. The Bertz CT molecular complexity index is 317. The van der Waals surface area contributed by atoms with Crippen molar-refractivity contribution < 1.29 is 14.7 Å². The van der Waals surface area contributed by atoms with Crippen LogP contribution in [0.2, 0.25) is 0 Å². The van der Waals surface area contributed by atoms with Crippen LogP contribution in [-0.2, 0) is 9.59 Å². The Labute approximate surface area is 99.9 Å². The fraction of sp³-hybridized carbons (Fsp3) is 0.818. The number of aliphatic hydroxyl groups is 1. The number of hydrogen-bond acceptors (Lipinski definition) is 4. The van der Waals surface area contributed by atoms with E-state index in [1.807, 2.05) is 0 Å². The van der Waals surface area contributed by atoms with Gasteiger partial charge < -0.3 is 21.5 Å². The number of carbonyl (C=O) groups excluding carboxylic acids is 2. The fourth-order valence-electron chi connectivity index (χ4n) is 2.04. The summed E-state index contributed by atoms with van der Waals surface area (Å²) in [7, 11) is 0. The lowest BCUT2D eigenvalue weighted by Crippen LogP contribution is -2.48. The van der Waals surface area contributed by atoms with E-state index in [2.05, 4.69) is 10.6 Å². The lowest BCUT2D eigenvalue weighted by molar-refractivity contribution is -0.131. The monoisotopic (exact) mass is 241 g/mol. The third-order valence-corrected chi connectivity index (χ3v) is 3.32. The van der Waals surface area contributed by atoms with Crippen LogP contribution in [0, 0.1) is 5.92 Å². The van der Waals surface area contributed by atoms with Gasteiger partial charge in [0.05, 0.1) is 0 Å². The first-order valence-electron chi connectivity index (χ1n) is 6.09. The van der Waals surface area contributed by atoms with Gasteiger partial charge in [0, 0.05) is 24.5 Å². The maximum Gasteiger partial charge on any atom is 0.250 e. The molecule has 1 aliphatic carbocycles. The molecule has 96 valence electrons. The molecule has 2 unspecified atom stereocenters. The molecular weight excluding hydrogens is 222 g/mol. The predicted octanol–water partition coefficient (Wildman–Crippen LogP) is -1.52. The van der Waals surface area contributed by atoms with E-state index >= 15 is 0 Å². The third kappa shape index (κ3) is 3.17. The van der Waals surface area contributed by atoms with E-state index in [-0.39, 0.29) is 17.9 Å². The molecule has 2 rings (SSSR count). The molecule has 0 aromatic rings. The molecular formula is C11H19N3O3. The van der Waals surface area contributed by atoms with Crippen molar-refractivity contribution in [3.8, 4) is 0 Å². The molecule has 1 aliphatic heterocycles. The SMILES string of the molecule is N[C@@H](CC1CCNC1=O)C(O)C(=O)NC1CC1. The molecule has 2 fully saturated rings. The molecule has 1 saturated carbocycles. The first-order chi connectivity index (χ1) is 8.08. The number of carbonyl (C=O) groups is 2. The van der Waals surface area contributed by atoms with E-state index in [1.165, 1.54) is 0 Å². The van der Waals surface area contributed by atoms with Crippen molar-refractivity contribution in [3.05, 3.63) is 0 Å². The summed E-state index contributed by atoms with van der Waals surface area (Å²) >= 11 is 0. The lowest BCUT2D eigenvalue weighted by atomic mass is 9.95. The topological polar surface area (TPSA) is 104 Å². The summed E-state index contributed by atoms with van der Waals surface area (Å²) < 4.78 is 0. The standard InChI is InChI=1S/C11H19N3O3/c12-8(5-6-3-4-13-10(6)16)9(15)11(17)14-7-1-2-7/h6-9,15H,1-5,12H2,(H,13,16)(H,14,17)/t6?,8-,9?/m0/s1. The highest BCUT2D eigenvalue weighted by atomic mass is 16.3. The average molecular weight is 241 g/mol. The van der Waals surface area contributed by atoms with Gasteiger partial charge in [-0.1, -0.05) is 0 Å². The van der Waals surface area contributed by atoms with Crippen LogP contribution in [0.3, 0.4) is 0 Å². The Hall–Kier alpha value is -1.14. The van der Waals surface area contributed by atoms with Crippen molar-refractivity contribution in [2.24, 2.45) is 11.7 Å². The number of amides is 2. The van der Waals surface area contributed by atoms with Crippen LogP contribution in [0.1, 0.15) is 25.7 Å². The molecule has 2 amide bonds. The molecule has 6 heteroatoms. The van der Waals surface area contributed by atoms with Crippen molar-refractivity contribution in [1.82, 2.24) is 10.6 Å². The highest BCUT2D eigenvalue weighted by Crippen LogP contribution is 2.20. The zero-order valence-corrected chi connectivity index (χ0v) is 9.69. The van der Waals surface area contributed by atoms with Gasteiger partial charge in [-0.2, -0.15) is 0 Å². The summed E-state index contributed by atoms with van der Waals surface area (Å²) in [6.45, 7) is 0.653. The minimum absolute atomic E-state index is 0.0322. The van der Waals surface area contributed by atoms with Gasteiger partial charge in [-0.25, -0.2) is 0 Å². The maximum absolute atomic E-state index is 11.5. The summed E-state index contributed by atoms with van der Waals surface area (Å²) in [6.07, 6.45) is 1.80. The Morgan fingerprint density at radius 2 is 2.24 bits per heavy atom. The summed E-state index contributed by atoms with van der Waals surface area (Å²) in [5.41, 5.74) is 5.77. The lowest BCUT2D eigenvalue weighted by Gasteiger charge is -2.20. The first-order valence-corrected chi connectivity index (χ1v) is 6.09. The van der Waals surface area contributed by atoms with Crippen LogP contribution in [0.15, 0.2) is 0 Å². The number of hydrogen-bond donors (Lipinski definition) is 4. The first kappa shape index (κ1) is 12.3. The van der Waals surface area contributed by atoms with Gasteiger partial charge in [-0.15, -0.1) is 0 Å². The number of nitrogens with one attached hydrogen (secondary N) is 2. The average Bonchev–Trinajstić information content (AvgIpc) is 3.02. The second kappa shape index (κ2) is 5.01. The van der Waals surface area contributed by atoms with Crippen molar-refractivity contribution in [2.45, 2.75) is 43.9 Å². The highest BCUT2D eigenvalue weighted by Gasteiger charge is 2.33. The summed E-state index contributed by atoms with van der Waals surface area (Å²) in [4.78, 5) is 22.9. The molecule has 6 nitrogen and oxygen atoms in total. The number of nitrogens with two attached hydrogens (primary N) is 1. The number of rotatable bonds is 5. The molecule has 0 radical (unpaired) electrons. The Morgan fingerprint density at radius 1 is 1.53 bits per heavy atom. The minimum Gasteiger partial charge on any atom is -0.382 e. The van der Waals surface area contributed by atoms with Gasteiger partial charge in [-0.05, 0) is 25.7 Å². The van der Waals surface area contributed by atoms with Crippen molar-refractivity contribution in [2.75, 3.05) is 6.54 Å². The fourth-order valence-corrected chi connectivity index (χ4v) is 2.04. The maximum atomic E-state index is 11.5. The van der Waals surface area contributed by atoms with Crippen LogP contribution in [0.5, 0.6) is 0 Å². The highest BCUT2D eigenvalue weighted by molar-refractivity contribution is 5.83. The van der Waals surface area contributed by atoms with Gasteiger partial charge in [0.1, 0.15) is 6.10 Å². The van der Waals surface area contributed by atoms with E-state index in [0.29, 0.717) is 13.0 Å². The van der Waals surface area contributed by atoms with Crippen LogP contribution in [0.25, 0.3) is 0 Å². The summed E-state index contributed by atoms with van der Waals surface area (Å²) in [5.74, 6) is -0.623. The van der Waals surface area contributed by atoms with Crippen molar-refractivity contribution in [1.29, 1.82) is 0 Å². The predicted molar refractivity (Wildman–Crippen MR) is 60.9 cm³/mol. The third-order valence-electron chi connectivity index (χ3n) is 3.32. The Kier molecular flexibility index (Phi) is 3.63. The molecule has 17 heavy (non-hydrogen) atoms. The molecule has 0 aromatic heterocycles. The molecule has 0 bridgehead atoms. The summed E-state index contributed by atoms with van der Waals surface area (Å²) in [6, 6.07) is -0.471. The van der Waals surface area contributed by atoms with Crippen LogP contribution in [-0.4, -0.2) is 41.7 Å². The molecule has 3 atom stereocenters. The zero-order chi connectivity index (χ0) is 12.4. The van der Waals surface area contributed by atoms with Crippen LogP contribution < -0.4 is 16.4 Å². The number of aliphatic hydroxyl groups excluding tert-OH is 1. The van der Waals surface area contributed by atoms with E-state index in [9.17, 15) is 14.7 Å². The van der Waals surface area contributed by atoms with E-state index in [0.717, 1.165) is 19.3 Å². The molecule has 5 N–H and O–H groups in total. The van der Waals surface area contributed by atoms with Gasteiger partial charge in [0.15, 0.2) is 0 Å². The smallest absolute Gasteiger partial charge is 0.250 e. The van der Waals surface area contributed by atoms with Gasteiger partial charge in [-0.3, -0.25) is 9.59 Å². The van der Waals surface area contributed by atoms with E-state index < -0.39 is 18.1 Å². The van der Waals surface area contributed by atoms with Gasteiger partial charge in [0.25, 0.3) is 5.91 Å². The van der Waals surface area contributed by atoms with E-state index in [4.69, 9.17) is 5.73 Å². The molecule has 1 saturated heterocycles. The van der Waals surface area contributed by atoms with Crippen LogP contribution >= 0.6 is 0 Å². The minimum atomic E-state index is -1.22. The molecule has 1 heterocycles. The van der Waals surface area contributed by atoms with E-state index in [1.54, 1.807) is 0 Å². The van der Waals surface area contributed by atoms with Crippen molar-refractivity contribution >= 4 is 11.8 Å². The van der Waals surface area contributed by atoms with Crippen molar-refractivity contribution in [3.63, 3.8) is 0 Å². The van der Waals surface area contributed by atoms with Gasteiger partial charge >= 0.3 is 0 Å².